The van der Waals surface area contributed by atoms with Crippen molar-refractivity contribution in [2.45, 2.75) is 22.8 Å². The standard InChI is InChI=1S/C22H20O5S/c1-26-22(23)15-18-8-5-9-21(14-18)28(24,25)20-12-10-19(11-13-20)27-16-17-6-3-2-4-7-17/h2-14H,15-16H2,1H3. The monoisotopic (exact) mass is 396 g/mol. The van der Waals surface area contributed by atoms with Crippen LogP contribution in [0.1, 0.15) is 11.1 Å². The Bertz CT molecular complexity index is 1040. The summed E-state index contributed by atoms with van der Waals surface area (Å²) < 4.78 is 36.1. The molecular formula is C22H20O5S. The normalized spacial score (nSPS) is 11.0. The SMILES string of the molecule is COC(=O)Cc1cccc(S(=O)(=O)c2ccc(OCc3ccccc3)cc2)c1. The maximum atomic E-state index is 12.9. The predicted molar refractivity (Wildman–Crippen MR) is 105 cm³/mol. The molecule has 0 spiro atoms. The number of hydrogen-bond donors (Lipinski definition) is 0. The van der Waals surface area contributed by atoms with Crippen LogP contribution in [0, 0.1) is 0 Å². The van der Waals surface area contributed by atoms with Gasteiger partial charge in [0.25, 0.3) is 0 Å². The number of methoxy groups -OCH3 is 1. The van der Waals surface area contributed by atoms with E-state index in [1.807, 2.05) is 30.3 Å². The third kappa shape index (κ3) is 4.78. The van der Waals surface area contributed by atoms with Crippen LogP contribution in [0.5, 0.6) is 5.75 Å². The van der Waals surface area contributed by atoms with Gasteiger partial charge in [-0.05, 0) is 47.5 Å². The molecule has 0 amide bonds. The molecule has 3 aromatic carbocycles. The van der Waals surface area contributed by atoms with E-state index in [0.717, 1.165) is 5.56 Å². The van der Waals surface area contributed by atoms with Crippen LogP contribution in [0.2, 0.25) is 0 Å². The van der Waals surface area contributed by atoms with Gasteiger partial charge in [-0.15, -0.1) is 0 Å². The molecule has 0 heterocycles. The quantitative estimate of drug-likeness (QED) is 0.568. The largest absolute Gasteiger partial charge is 0.489 e. The number of hydrogen-bond acceptors (Lipinski definition) is 5. The molecule has 0 N–H and O–H groups in total. The van der Waals surface area contributed by atoms with Crippen molar-refractivity contribution in [3.05, 3.63) is 90.0 Å². The summed E-state index contributed by atoms with van der Waals surface area (Å²) in [7, 11) is -2.40. The average Bonchev–Trinajstić information content (AvgIpc) is 2.73. The topological polar surface area (TPSA) is 69.7 Å². The zero-order valence-electron chi connectivity index (χ0n) is 15.4. The maximum Gasteiger partial charge on any atom is 0.309 e. The number of carbonyl (C=O) groups excluding carboxylic acids is 1. The van der Waals surface area contributed by atoms with Gasteiger partial charge in [0.2, 0.25) is 9.84 Å². The molecule has 144 valence electrons. The van der Waals surface area contributed by atoms with Crippen LogP contribution in [-0.2, 0) is 32.4 Å². The molecule has 3 rings (SSSR count). The second kappa shape index (κ2) is 8.71. The molecule has 6 heteroatoms. The highest BCUT2D eigenvalue weighted by Gasteiger charge is 2.18. The average molecular weight is 396 g/mol. The van der Waals surface area contributed by atoms with Gasteiger partial charge in [0.05, 0.1) is 23.3 Å². The third-order valence-electron chi connectivity index (χ3n) is 4.17. The van der Waals surface area contributed by atoms with Crippen LogP contribution in [0.4, 0.5) is 0 Å². The van der Waals surface area contributed by atoms with Crippen LogP contribution in [0.3, 0.4) is 0 Å². The van der Waals surface area contributed by atoms with Crippen LogP contribution in [0.25, 0.3) is 0 Å². The van der Waals surface area contributed by atoms with Crippen molar-refractivity contribution in [2.75, 3.05) is 7.11 Å². The molecule has 0 atom stereocenters. The van der Waals surface area contributed by atoms with E-state index in [2.05, 4.69) is 4.74 Å². The van der Waals surface area contributed by atoms with Crippen molar-refractivity contribution in [3.8, 4) is 5.75 Å². The van der Waals surface area contributed by atoms with Crippen molar-refractivity contribution >= 4 is 15.8 Å². The highest BCUT2D eigenvalue weighted by molar-refractivity contribution is 7.91. The maximum absolute atomic E-state index is 12.9. The van der Waals surface area contributed by atoms with Gasteiger partial charge in [-0.3, -0.25) is 4.79 Å². The Morgan fingerprint density at radius 1 is 0.821 bits per heavy atom. The summed E-state index contributed by atoms with van der Waals surface area (Å²) >= 11 is 0. The fraction of sp³-hybridized carbons (Fsp3) is 0.136. The molecule has 0 aliphatic carbocycles. The lowest BCUT2D eigenvalue weighted by atomic mass is 10.1. The summed E-state index contributed by atoms with van der Waals surface area (Å²) in [5.74, 6) is 0.164. The predicted octanol–water partition coefficient (Wildman–Crippen LogP) is 3.81. The molecule has 5 nitrogen and oxygen atoms in total. The van der Waals surface area contributed by atoms with Crippen molar-refractivity contribution in [3.63, 3.8) is 0 Å². The molecule has 3 aromatic rings. The van der Waals surface area contributed by atoms with Gasteiger partial charge in [0.15, 0.2) is 0 Å². The van der Waals surface area contributed by atoms with E-state index in [1.54, 1.807) is 24.3 Å². The lowest BCUT2D eigenvalue weighted by molar-refractivity contribution is -0.139. The first-order valence-corrected chi connectivity index (χ1v) is 10.1. The van der Waals surface area contributed by atoms with Crippen LogP contribution in [-0.4, -0.2) is 21.5 Å². The molecule has 0 saturated carbocycles. The van der Waals surface area contributed by atoms with E-state index in [9.17, 15) is 13.2 Å². The number of sulfone groups is 1. The van der Waals surface area contributed by atoms with E-state index >= 15 is 0 Å². The van der Waals surface area contributed by atoms with Crippen molar-refractivity contribution in [2.24, 2.45) is 0 Å². The van der Waals surface area contributed by atoms with E-state index in [0.29, 0.717) is 17.9 Å². The van der Waals surface area contributed by atoms with E-state index in [1.165, 1.54) is 31.4 Å². The summed E-state index contributed by atoms with van der Waals surface area (Å²) in [5, 5.41) is 0. The smallest absolute Gasteiger partial charge is 0.309 e. The number of esters is 1. The van der Waals surface area contributed by atoms with Gasteiger partial charge < -0.3 is 9.47 Å². The molecule has 0 aliphatic heterocycles. The molecule has 0 unspecified atom stereocenters. The van der Waals surface area contributed by atoms with Crippen molar-refractivity contribution < 1.29 is 22.7 Å². The van der Waals surface area contributed by atoms with Crippen LogP contribution in [0.15, 0.2) is 88.7 Å². The van der Waals surface area contributed by atoms with E-state index in [-0.39, 0.29) is 16.2 Å². The Morgan fingerprint density at radius 3 is 2.18 bits per heavy atom. The van der Waals surface area contributed by atoms with E-state index in [4.69, 9.17) is 4.74 Å². The Kier molecular flexibility index (Phi) is 6.11. The van der Waals surface area contributed by atoms with Gasteiger partial charge in [0.1, 0.15) is 12.4 Å². The fourth-order valence-corrected chi connectivity index (χ4v) is 3.98. The second-order valence-corrected chi connectivity index (χ2v) is 8.10. The summed E-state index contributed by atoms with van der Waals surface area (Å²) in [6, 6.07) is 22.3. The number of carbonyl (C=O) groups is 1. The summed E-state index contributed by atoms with van der Waals surface area (Å²) in [6.45, 7) is 0.405. The first-order chi connectivity index (χ1) is 13.5. The lowest BCUT2D eigenvalue weighted by Gasteiger charge is -2.09. The van der Waals surface area contributed by atoms with Gasteiger partial charge in [0, 0.05) is 0 Å². The first kappa shape index (κ1) is 19.6. The van der Waals surface area contributed by atoms with Crippen molar-refractivity contribution in [1.82, 2.24) is 0 Å². The molecule has 0 aromatic heterocycles. The summed E-state index contributed by atoms with van der Waals surface area (Å²) in [6.07, 6.45) is 0.0200. The molecule has 0 bridgehead atoms. The van der Waals surface area contributed by atoms with Gasteiger partial charge in [-0.25, -0.2) is 8.42 Å². The zero-order chi connectivity index (χ0) is 20.0. The molecule has 0 fully saturated rings. The number of benzene rings is 3. The Hall–Kier alpha value is -3.12. The first-order valence-electron chi connectivity index (χ1n) is 8.66. The Balaban J connectivity index is 1.75. The molecule has 0 aliphatic rings. The van der Waals surface area contributed by atoms with Crippen molar-refractivity contribution in [1.29, 1.82) is 0 Å². The fourth-order valence-electron chi connectivity index (χ4n) is 2.65. The van der Waals surface area contributed by atoms with Gasteiger partial charge in [-0.1, -0.05) is 42.5 Å². The molecule has 28 heavy (non-hydrogen) atoms. The Morgan fingerprint density at radius 2 is 1.50 bits per heavy atom. The van der Waals surface area contributed by atoms with E-state index < -0.39 is 15.8 Å². The summed E-state index contributed by atoms with van der Waals surface area (Å²) in [4.78, 5) is 11.7. The second-order valence-electron chi connectivity index (χ2n) is 6.15. The van der Waals surface area contributed by atoms with Crippen LogP contribution < -0.4 is 4.74 Å². The minimum absolute atomic E-state index is 0.0200. The van der Waals surface area contributed by atoms with Crippen LogP contribution >= 0.6 is 0 Å². The zero-order valence-corrected chi connectivity index (χ0v) is 16.2. The highest BCUT2D eigenvalue weighted by Crippen LogP contribution is 2.24. The minimum atomic E-state index is -3.70. The molecule has 0 radical (unpaired) electrons. The Labute approximate surface area is 164 Å². The molecular weight excluding hydrogens is 376 g/mol. The number of ether oxygens (including phenoxy) is 2. The highest BCUT2D eigenvalue weighted by atomic mass is 32.2. The molecule has 0 saturated heterocycles. The third-order valence-corrected chi connectivity index (χ3v) is 5.93. The summed E-state index contributed by atoms with van der Waals surface area (Å²) in [5.41, 5.74) is 1.61. The number of rotatable bonds is 7. The minimum Gasteiger partial charge on any atom is -0.489 e. The van der Waals surface area contributed by atoms with Gasteiger partial charge in [-0.2, -0.15) is 0 Å². The van der Waals surface area contributed by atoms with Gasteiger partial charge >= 0.3 is 5.97 Å². The lowest BCUT2D eigenvalue weighted by Crippen LogP contribution is -2.07.